The smallest absolute Gasteiger partial charge is 0.164 e. The van der Waals surface area contributed by atoms with Crippen molar-refractivity contribution in [2.75, 3.05) is 19.6 Å². The highest BCUT2D eigenvalue weighted by molar-refractivity contribution is 6.02. The van der Waals surface area contributed by atoms with Gasteiger partial charge in [0.05, 0.1) is 0 Å². The summed E-state index contributed by atoms with van der Waals surface area (Å²) in [5.74, 6) is 3.58. The molecule has 1 heterocycles. The fraction of sp³-hybridized carbons (Fsp3) is 0.696. The van der Waals surface area contributed by atoms with Gasteiger partial charge in [-0.15, -0.1) is 0 Å². The number of nitrogens with zero attached hydrogens (tertiary/aromatic N) is 1. The van der Waals surface area contributed by atoms with Crippen LogP contribution >= 0.6 is 0 Å². The number of piperidine rings is 1. The van der Waals surface area contributed by atoms with Crippen LogP contribution in [-0.2, 0) is 5.41 Å². The van der Waals surface area contributed by atoms with Crippen LogP contribution in [0.5, 0.6) is 0 Å². The number of carbonyl (C=O) groups is 1. The van der Waals surface area contributed by atoms with Crippen LogP contribution in [0, 0.1) is 30.1 Å². The van der Waals surface area contributed by atoms with Crippen LogP contribution in [-0.4, -0.2) is 30.3 Å². The van der Waals surface area contributed by atoms with Crippen molar-refractivity contribution < 1.29 is 4.79 Å². The summed E-state index contributed by atoms with van der Waals surface area (Å²) in [4.78, 5) is 15.3. The first kappa shape index (κ1) is 15.0. The molecule has 0 N–H and O–H groups in total. The summed E-state index contributed by atoms with van der Waals surface area (Å²) >= 11 is 0. The molecule has 4 fully saturated rings. The van der Waals surface area contributed by atoms with Crippen LogP contribution in [0.2, 0.25) is 0 Å². The fourth-order valence-electron chi connectivity index (χ4n) is 7.47. The molecule has 25 heavy (non-hydrogen) atoms. The molecule has 1 aromatic carbocycles. The maximum atomic E-state index is 12.6. The molecule has 132 valence electrons. The zero-order valence-corrected chi connectivity index (χ0v) is 15.4. The molecule has 4 atom stereocenters. The second-order valence-electron chi connectivity index (χ2n) is 10.0. The number of aryl methyl sites for hydroxylation is 1. The van der Waals surface area contributed by atoms with Gasteiger partial charge in [0, 0.05) is 23.9 Å². The first-order valence-corrected chi connectivity index (χ1v) is 10.5. The highest BCUT2D eigenvalue weighted by atomic mass is 16.1. The molecule has 1 aromatic rings. The normalized spacial score (nSPS) is 40.5. The highest BCUT2D eigenvalue weighted by Crippen LogP contribution is 2.77. The molecule has 2 spiro atoms. The lowest BCUT2D eigenvalue weighted by Gasteiger charge is -2.48. The van der Waals surface area contributed by atoms with E-state index in [2.05, 4.69) is 30.0 Å². The minimum absolute atomic E-state index is 0.159. The lowest BCUT2D eigenvalue weighted by atomic mass is 9.62. The van der Waals surface area contributed by atoms with Gasteiger partial charge in [0.15, 0.2) is 5.78 Å². The summed E-state index contributed by atoms with van der Waals surface area (Å²) in [7, 11) is 0. The molecule has 2 heteroatoms. The van der Waals surface area contributed by atoms with E-state index >= 15 is 0 Å². The van der Waals surface area contributed by atoms with Crippen molar-refractivity contribution in [2.24, 2.45) is 23.2 Å². The van der Waals surface area contributed by atoms with E-state index in [1.54, 1.807) is 6.42 Å². The highest BCUT2D eigenvalue weighted by Gasteiger charge is 2.70. The molecule has 0 aromatic heterocycles. The summed E-state index contributed by atoms with van der Waals surface area (Å²) in [5.41, 5.74) is 4.63. The first-order valence-electron chi connectivity index (χ1n) is 10.5. The van der Waals surface area contributed by atoms with Gasteiger partial charge >= 0.3 is 0 Å². The van der Waals surface area contributed by atoms with Crippen molar-refractivity contribution in [1.29, 1.82) is 0 Å². The Labute approximate surface area is 151 Å². The molecule has 0 amide bonds. The van der Waals surface area contributed by atoms with Crippen molar-refractivity contribution >= 4 is 5.78 Å². The number of hydrogen-bond acceptors (Lipinski definition) is 2. The van der Waals surface area contributed by atoms with E-state index in [1.807, 2.05) is 0 Å². The zero-order valence-electron chi connectivity index (χ0n) is 15.4. The van der Waals surface area contributed by atoms with Gasteiger partial charge in [-0.25, -0.2) is 0 Å². The van der Waals surface area contributed by atoms with Gasteiger partial charge in [-0.1, -0.05) is 17.7 Å². The van der Waals surface area contributed by atoms with E-state index in [4.69, 9.17) is 0 Å². The first-order chi connectivity index (χ1) is 12.1. The Kier molecular flexibility index (Phi) is 2.85. The van der Waals surface area contributed by atoms with Crippen LogP contribution in [0.3, 0.4) is 0 Å². The molecule has 3 saturated carbocycles. The maximum Gasteiger partial charge on any atom is 0.164 e. The molecule has 0 bridgehead atoms. The van der Waals surface area contributed by atoms with Crippen molar-refractivity contribution in [3.63, 3.8) is 0 Å². The molecule has 5 aliphatic rings. The standard InChI is InChI=1S/C23H29NO/c1-15-2-4-20-18(10-15)21(25)13-22(20)6-8-24(9-7-22)14-16-11-23-12-17(23)3-5-19(16)23/h2,4,10,16-17,19H,3,5-9,11-14H2,1H3/t16?,17-,19+,23?/m0/s1. The molecule has 1 saturated heterocycles. The van der Waals surface area contributed by atoms with E-state index in [-0.39, 0.29) is 5.41 Å². The Bertz CT molecular complexity index is 757. The summed E-state index contributed by atoms with van der Waals surface area (Å²) in [5, 5.41) is 0. The molecule has 0 radical (unpaired) electrons. The number of carbonyl (C=O) groups excluding carboxylic acids is 1. The SMILES string of the molecule is Cc1ccc2c(c1)C(=O)CC21CCN(CC2CC34C[C@@H]3CC[C@H]24)CC1. The summed E-state index contributed by atoms with van der Waals surface area (Å²) in [6.07, 6.45) is 9.27. The molecule has 2 nitrogen and oxygen atoms in total. The summed E-state index contributed by atoms with van der Waals surface area (Å²) in [6.45, 7) is 5.82. The van der Waals surface area contributed by atoms with Gasteiger partial charge in [0.2, 0.25) is 0 Å². The van der Waals surface area contributed by atoms with E-state index < -0.39 is 0 Å². The van der Waals surface area contributed by atoms with Gasteiger partial charge in [-0.05, 0) is 93.3 Å². The average molecular weight is 335 g/mol. The minimum Gasteiger partial charge on any atom is -0.303 e. The van der Waals surface area contributed by atoms with E-state index in [1.165, 1.54) is 62.9 Å². The van der Waals surface area contributed by atoms with Crippen LogP contribution in [0.1, 0.15) is 66.4 Å². The Morgan fingerprint density at radius 1 is 1.16 bits per heavy atom. The number of hydrogen-bond donors (Lipinski definition) is 0. The van der Waals surface area contributed by atoms with Crippen molar-refractivity contribution in [3.8, 4) is 0 Å². The lowest BCUT2D eigenvalue weighted by Crippen LogP contribution is -2.48. The van der Waals surface area contributed by atoms with E-state index in [0.717, 1.165) is 35.2 Å². The van der Waals surface area contributed by atoms with Crippen LogP contribution < -0.4 is 0 Å². The second kappa shape index (κ2) is 4.76. The molecule has 2 unspecified atom stereocenters. The van der Waals surface area contributed by atoms with E-state index in [0.29, 0.717) is 5.78 Å². The maximum absolute atomic E-state index is 12.6. The lowest BCUT2D eigenvalue weighted by molar-refractivity contribution is 0.0165. The van der Waals surface area contributed by atoms with Gasteiger partial charge in [-0.2, -0.15) is 0 Å². The third-order valence-corrected chi connectivity index (χ3v) is 8.91. The Morgan fingerprint density at radius 3 is 2.76 bits per heavy atom. The molecule has 4 aliphatic carbocycles. The number of benzene rings is 1. The number of likely N-dealkylation sites (tertiary alicyclic amines) is 1. The largest absolute Gasteiger partial charge is 0.303 e. The second-order valence-corrected chi connectivity index (χ2v) is 10.0. The number of Topliss-reactive ketones (excluding diaryl/α,β-unsaturated/α-hetero) is 1. The molecular weight excluding hydrogens is 306 g/mol. The van der Waals surface area contributed by atoms with Crippen molar-refractivity contribution in [2.45, 2.75) is 57.3 Å². The Hall–Kier alpha value is -1.15. The predicted molar refractivity (Wildman–Crippen MR) is 98.8 cm³/mol. The monoisotopic (exact) mass is 335 g/mol. The Morgan fingerprint density at radius 2 is 2.00 bits per heavy atom. The summed E-state index contributed by atoms with van der Waals surface area (Å²) < 4.78 is 0. The minimum atomic E-state index is 0.159. The quantitative estimate of drug-likeness (QED) is 0.801. The van der Waals surface area contributed by atoms with Gasteiger partial charge < -0.3 is 4.90 Å². The van der Waals surface area contributed by atoms with Gasteiger partial charge in [0.1, 0.15) is 0 Å². The van der Waals surface area contributed by atoms with E-state index in [9.17, 15) is 4.79 Å². The molecule has 6 rings (SSSR count). The number of ketones is 1. The topological polar surface area (TPSA) is 20.3 Å². The fourth-order valence-corrected chi connectivity index (χ4v) is 7.47. The Balaban J connectivity index is 1.15. The third-order valence-electron chi connectivity index (χ3n) is 8.91. The van der Waals surface area contributed by atoms with Crippen LogP contribution in [0.25, 0.3) is 0 Å². The number of rotatable bonds is 2. The predicted octanol–water partition coefficient (Wildman–Crippen LogP) is 4.35. The summed E-state index contributed by atoms with van der Waals surface area (Å²) in [6, 6.07) is 6.58. The van der Waals surface area contributed by atoms with Gasteiger partial charge in [0.25, 0.3) is 0 Å². The average Bonchev–Trinajstić information content (AvgIpc) is 3.17. The third kappa shape index (κ3) is 1.92. The molecular formula is C23H29NO. The number of fused-ring (bicyclic) bond motifs is 2. The molecule has 1 aliphatic heterocycles. The van der Waals surface area contributed by atoms with Gasteiger partial charge in [-0.3, -0.25) is 4.79 Å². The van der Waals surface area contributed by atoms with Crippen LogP contribution in [0.4, 0.5) is 0 Å². The van der Waals surface area contributed by atoms with Crippen molar-refractivity contribution in [1.82, 2.24) is 4.90 Å². The van der Waals surface area contributed by atoms with Crippen molar-refractivity contribution in [3.05, 3.63) is 34.9 Å². The zero-order chi connectivity index (χ0) is 16.8. The van der Waals surface area contributed by atoms with Crippen LogP contribution in [0.15, 0.2) is 18.2 Å².